The molecule has 0 aliphatic heterocycles. The highest BCUT2D eigenvalue weighted by Gasteiger charge is 2.39. The lowest BCUT2D eigenvalue weighted by atomic mass is 10.1. The van der Waals surface area contributed by atoms with Crippen LogP contribution in [0.3, 0.4) is 0 Å². The van der Waals surface area contributed by atoms with Gasteiger partial charge in [-0.15, -0.1) is 0 Å². The summed E-state index contributed by atoms with van der Waals surface area (Å²) in [5.41, 5.74) is 7.06. The maximum absolute atomic E-state index is 6.03. The molecule has 66 valence electrons. The third kappa shape index (κ3) is 1.25. The lowest BCUT2D eigenvalue weighted by molar-refractivity contribution is 0.580. The Kier molecular flexibility index (Phi) is 1.68. The third-order valence-corrected chi connectivity index (χ3v) is 2.70. The minimum atomic E-state index is 0.154. The highest BCUT2D eigenvalue weighted by Crippen LogP contribution is 2.45. The molecule has 3 nitrogen and oxygen atoms in total. The van der Waals surface area contributed by atoms with E-state index in [0.717, 1.165) is 11.6 Å². The summed E-state index contributed by atoms with van der Waals surface area (Å²) >= 11 is 0. The van der Waals surface area contributed by atoms with Crippen molar-refractivity contribution in [2.75, 3.05) is 0 Å². The van der Waals surface area contributed by atoms with Gasteiger partial charge in [-0.1, -0.05) is 6.92 Å². The number of nitrogens with zero attached hydrogens (tertiary/aromatic N) is 2. The van der Waals surface area contributed by atoms with Crippen LogP contribution in [0.25, 0.3) is 0 Å². The molecule has 2 N–H and O–H groups in total. The summed E-state index contributed by atoms with van der Waals surface area (Å²) in [6, 6.07) is 0.154. The molecule has 2 rings (SSSR count). The number of hydrogen-bond acceptors (Lipinski definition) is 2. The van der Waals surface area contributed by atoms with Gasteiger partial charge in [0.15, 0.2) is 0 Å². The first-order valence-corrected chi connectivity index (χ1v) is 4.42. The molecule has 0 aromatic carbocycles. The predicted octanol–water partition coefficient (Wildman–Crippen LogP) is 1.08. The summed E-state index contributed by atoms with van der Waals surface area (Å²) in [5, 5.41) is 0. The van der Waals surface area contributed by atoms with Crippen molar-refractivity contribution in [3.05, 3.63) is 18.2 Å². The summed E-state index contributed by atoms with van der Waals surface area (Å²) in [6.07, 6.45) is 5.08. The molecule has 1 heterocycles. The van der Waals surface area contributed by atoms with Gasteiger partial charge in [-0.25, -0.2) is 4.98 Å². The van der Waals surface area contributed by atoms with Crippen LogP contribution < -0.4 is 5.73 Å². The molecular weight excluding hydrogens is 150 g/mol. The molecule has 1 aliphatic rings. The van der Waals surface area contributed by atoms with Crippen molar-refractivity contribution < 1.29 is 0 Å². The molecule has 3 heteroatoms. The van der Waals surface area contributed by atoms with E-state index in [1.807, 2.05) is 24.1 Å². The molecule has 3 unspecified atom stereocenters. The van der Waals surface area contributed by atoms with Gasteiger partial charge in [-0.05, 0) is 18.3 Å². The Hall–Kier alpha value is -0.830. The Bertz CT molecular complexity index is 279. The van der Waals surface area contributed by atoms with E-state index in [2.05, 4.69) is 11.9 Å². The summed E-state index contributed by atoms with van der Waals surface area (Å²) < 4.78 is 1.95. The summed E-state index contributed by atoms with van der Waals surface area (Å²) in [6.45, 7) is 2.24. The minimum absolute atomic E-state index is 0.154. The van der Waals surface area contributed by atoms with Crippen molar-refractivity contribution in [3.63, 3.8) is 0 Å². The topological polar surface area (TPSA) is 43.8 Å². The Balaban J connectivity index is 2.09. The van der Waals surface area contributed by atoms with Crippen LogP contribution in [-0.4, -0.2) is 9.55 Å². The van der Waals surface area contributed by atoms with Crippen molar-refractivity contribution >= 4 is 0 Å². The van der Waals surface area contributed by atoms with Crippen LogP contribution in [0.4, 0.5) is 0 Å². The summed E-state index contributed by atoms with van der Waals surface area (Å²) in [7, 11) is 1.97. The average molecular weight is 165 g/mol. The van der Waals surface area contributed by atoms with Gasteiger partial charge in [-0.3, -0.25) is 0 Å². The predicted molar refractivity (Wildman–Crippen MR) is 47.4 cm³/mol. The molecule has 1 aliphatic carbocycles. The highest BCUT2D eigenvalue weighted by molar-refractivity contribution is 5.08. The quantitative estimate of drug-likeness (QED) is 0.712. The fourth-order valence-electron chi connectivity index (χ4n) is 1.68. The zero-order valence-corrected chi connectivity index (χ0v) is 7.57. The fourth-order valence-corrected chi connectivity index (χ4v) is 1.68. The second-order valence-corrected chi connectivity index (χ2v) is 3.87. The number of nitrogens with two attached hydrogens (primary N) is 1. The molecule has 0 saturated heterocycles. The first-order valence-electron chi connectivity index (χ1n) is 4.42. The third-order valence-electron chi connectivity index (χ3n) is 2.70. The van der Waals surface area contributed by atoms with Crippen molar-refractivity contribution in [2.45, 2.75) is 19.4 Å². The lowest BCUT2D eigenvalue weighted by Crippen LogP contribution is -2.13. The van der Waals surface area contributed by atoms with Crippen molar-refractivity contribution in [1.82, 2.24) is 9.55 Å². The molecule has 1 aromatic rings. The highest BCUT2D eigenvalue weighted by atomic mass is 15.0. The van der Waals surface area contributed by atoms with Gasteiger partial charge < -0.3 is 10.3 Å². The number of aromatic nitrogens is 2. The molecule has 0 bridgehead atoms. The van der Waals surface area contributed by atoms with E-state index in [0.29, 0.717) is 5.92 Å². The van der Waals surface area contributed by atoms with E-state index in [4.69, 9.17) is 5.73 Å². The van der Waals surface area contributed by atoms with Gasteiger partial charge in [0.1, 0.15) is 0 Å². The number of imidazole rings is 1. The summed E-state index contributed by atoms with van der Waals surface area (Å²) in [5.74, 6) is 1.46. The molecule has 1 saturated carbocycles. The van der Waals surface area contributed by atoms with Gasteiger partial charge in [0.25, 0.3) is 0 Å². The molecule has 1 aromatic heterocycles. The van der Waals surface area contributed by atoms with Crippen LogP contribution >= 0.6 is 0 Å². The number of rotatable bonds is 2. The molecule has 0 spiro atoms. The normalized spacial score (nSPS) is 30.2. The van der Waals surface area contributed by atoms with Crippen LogP contribution in [0.1, 0.15) is 25.1 Å². The molecule has 0 radical (unpaired) electrons. The second-order valence-electron chi connectivity index (χ2n) is 3.87. The van der Waals surface area contributed by atoms with Crippen LogP contribution in [-0.2, 0) is 7.05 Å². The minimum Gasteiger partial charge on any atom is -0.340 e. The van der Waals surface area contributed by atoms with Gasteiger partial charge in [0, 0.05) is 13.2 Å². The van der Waals surface area contributed by atoms with Crippen LogP contribution in [0.2, 0.25) is 0 Å². The Morgan fingerprint density at radius 3 is 2.83 bits per heavy atom. The standard InChI is InChI=1S/C9H15N3/c1-6-3-7(6)9(10)8-4-12(2)5-11-8/h4-7,9H,3,10H2,1-2H3. The van der Waals surface area contributed by atoms with E-state index in [1.54, 1.807) is 0 Å². The van der Waals surface area contributed by atoms with Gasteiger partial charge >= 0.3 is 0 Å². The van der Waals surface area contributed by atoms with E-state index in [-0.39, 0.29) is 6.04 Å². The van der Waals surface area contributed by atoms with E-state index in [9.17, 15) is 0 Å². The maximum Gasteiger partial charge on any atom is 0.0947 e. The first kappa shape index (κ1) is 7.80. The van der Waals surface area contributed by atoms with Crippen LogP contribution in [0.5, 0.6) is 0 Å². The van der Waals surface area contributed by atoms with E-state index < -0.39 is 0 Å². The molecule has 12 heavy (non-hydrogen) atoms. The Morgan fingerprint density at radius 1 is 1.75 bits per heavy atom. The van der Waals surface area contributed by atoms with Gasteiger partial charge in [0.05, 0.1) is 18.1 Å². The van der Waals surface area contributed by atoms with Crippen LogP contribution in [0, 0.1) is 11.8 Å². The number of hydrogen-bond donors (Lipinski definition) is 1. The average Bonchev–Trinajstić information content (AvgIpc) is 2.58. The van der Waals surface area contributed by atoms with Crippen LogP contribution in [0.15, 0.2) is 12.5 Å². The SMILES string of the molecule is CC1CC1C(N)c1cn(C)cn1. The smallest absolute Gasteiger partial charge is 0.0947 e. The van der Waals surface area contributed by atoms with Crippen molar-refractivity contribution in [2.24, 2.45) is 24.6 Å². The lowest BCUT2D eigenvalue weighted by Gasteiger charge is -2.05. The van der Waals surface area contributed by atoms with E-state index >= 15 is 0 Å². The Labute approximate surface area is 72.6 Å². The largest absolute Gasteiger partial charge is 0.340 e. The monoisotopic (exact) mass is 165 g/mol. The zero-order chi connectivity index (χ0) is 8.72. The second kappa shape index (κ2) is 2.59. The maximum atomic E-state index is 6.03. The van der Waals surface area contributed by atoms with Gasteiger partial charge in [0.2, 0.25) is 0 Å². The summed E-state index contributed by atoms with van der Waals surface area (Å²) in [4.78, 5) is 4.25. The molecule has 3 atom stereocenters. The zero-order valence-electron chi connectivity index (χ0n) is 7.57. The van der Waals surface area contributed by atoms with E-state index in [1.165, 1.54) is 6.42 Å². The van der Waals surface area contributed by atoms with Crippen molar-refractivity contribution in [3.8, 4) is 0 Å². The first-order chi connectivity index (χ1) is 5.68. The number of aryl methyl sites for hydroxylation is 1. The van der Waals surface area contributed by atoms with Crippen molar-refractivity contribution in [1.29, 1.82) is 0 Å². The molecule has 0 amide bonds. The fraction of sp³-hybridized carbons (Fsp3) is 0.667. The molecule has 1 fully saturated rings. The molecular formula is C9H15N3. The van der Waals surface area contributed by atoms with Gasteiger partial charge in [-0.2, -0.15) is 0 Å². The Morgan fingerprint density at radius 2 is 2.42 bits per heavy atom.